The predicted octanol–water partition coefficient (Wildman–Crippen LogP) is 1.60. The molecule has 0 saturated carbocycles. The molecule has 1 heterocycles. The number of benzene rings is 1. The van der Waals surface area contributed by atoms with Crippen LogP contribution in [-0.2, 0) is 11.3 Å². The van der Waals surface area contributed by atoms with E-state index in [1.165, 1.54) is 11.3 Å². The van der Waals surface area contributed by atoms with Crippen molar-refractivity contribution in [3.63, 3.8) is 0 Å². The Morgan fingerprint density at radius 3 is 2.67 bits per heavy atom. The lowest BCUT2D eigenvalue weighted by Gasteiger charge is -2.30. The van der Waals surface area contributed by atoms with Crippen LogP contribution in [0.2, 0.25) is 0 Å². The molecule has 21 heavy (non-hydrogen) atoms. The van der Waals surface area contributed by atoms with Gasteiger partial charge in [-0.15, -0.1) is 0 Å². The number of nitrogens with one attached hydrogen (secondary N) is 2. The first kappa shape index (κ1) is 15.6. The summed E-state index contributed by atoms with van der Waals surface area (Å²) in [6, 6.07) is 8.89. The summed E-state index contributed by atoms with van der Waals surface area (Å²) in [6.07, 6.45) is 0. The highest BCUT2D eigenvalue weighted by molar-refractivity contribution is 5.80. The molecule has 116 valence electrons. The Balaban J connectivity index is 2.02. The van der Waals surface area contributed by atoms with Crippen LogP contribution in [0, 0.1) is 0 Å². The van der Waals surface area contributed by atoms with Gasteiger partial charge in [0.2, 0.25) is 0 Å². The number of hydrogen-bond acceptors (Lipinski definition) is 3. The highest BCUT2D eigenvalue weighted by atomic mass is 16.5. The van der Waals surface area contributed by atoms with Gasteiger partial charge < -0.3 is 20.3 Å². The molecule has 2 rings (SSSR count). The number of aliphatic imine (C=N–C) groups is 1. The SMILES string of the molecule is CN=C(NCc1ccccc1N1CCOCC1)NC(C)C. The Hall–Kier alpha value is -1.75. The Labute approximate surface area is 127 Å². The highest BCUT2D eigenvalue weighted by Crippen LogP contribution is 2.21. The number of ether oxygens (including phenoxy) is 1. The molecular weight excluding hydrogens is 264 g/mol. The maximum Gasteiger partial charge on any atom is 0.191 e. The second-order valence-electron chi connectivity index (χ2n) is 5.45. The van der Waals surface area contributed by atoms with Gasteiger partial charge in [-0.05, 0) is 25.5 Å². The summed E-state index contributed by atoms with van der Waals surface area (Å²) in [5.74, 6) is 0.835. The van der Waals surface area contributed by atoms with E-state index < -0.39 is 0 Å². The van der Waals surface area contributed by atoms with Gasteiger partial charge in [0.15, 0.2) is 5.96 Å². The lowest BCUT2D eigenvalue weighted by atomic mass is 10.1. The standard InChI is InChI=1S/C16H26N4O/c1-13(2)19-16(17-3)18-12-14-6-4-5-7-15(14)20-8-10-21-11-9-20/h4-7,13H,8-12H2,1-3H3,(H2,17,18,19). The number of morpholine rings is 1. The zero-order valence-electron chi connectivity index (χ0n) is 13.2. The van der Waals surface area contributed by atoms with Crippen molar-refractivity contribution in [1.29, 1.82) is 0 Å². The van der Waals surface area contributed by atoms with Crippen LogP contribution >= 0.6 is 0 Å². The van der Waals surface area contributed by atoms with E-state index in [9.17, 15) is 0 Å². The minimum atomic E-state index is 0.366. The monoisotopic (exact) mass is 290 g/mol. The average molecular weight is 290 g/mol. The Morgan fingerprint density at radius 2 is 2.00 bits per heavy atom. The Kier molecular flexibility index (Phi) is 5.87. The van der Waals surface area contributed by atoms with Crippen LogP contribution in [0.1, 0.15) is 19.4 Å². The summed E-state index contributed by atoms with van der Waals surface area (Å²) >= 11 is 0. The molecule has 0 aliphatic carbocycles. The maximum atomic E-state index is 5.43. The molecule has 1 fully saturated rings. The maximum absolute atomic E-state index is 5.43. The van der Waals surface area contributed by atoms with Crippen LogP contribution in [0.4, 0.5) is 5.69 Å². The first-order valence-electron chi connectivity index (χ1n) is 7.58. The molecular formula is C16H26N4O. The van der Waals surface area contributed by atoms with E-state index in [1.54, 1.807) is 7.05 Å². The fourth-order valence-electron chi connectivity index (χ4n) is 2.42. The molecule has 1 aliphatic heterocycles. The fourth-order valence-corrected chi connectivity index (χ4v) is 2.42. The molecule has 0 radical (unpaired) electrons. The molecule has 5 nitrogen and oxygen atoms in total. The molecule has 2 N–H and O–H groups in total. The van der Waals surface area contributed by atoms with E-state index in [1.807, 2.05) is 0 Å². The zero-order chi connectivity index (χ0) is 15.1. The van der Waals surface area contributed by atoms with Crippen molar-refractivity contribution in [2.24, 2.45) is 4.99 Å². The van der Waals surface area contributed by atoms with Crippen LogP contribution < -0.4 is 15.5 Å². The number of nitrogens with zero attached hydrogens (tertiary/aromatic N) is 2. The van der Waals surface area contributed by atoms with Crippen LogP contribution in [0.25, 0.3) is 0 Å². The van der Waals surface area contributed by atoms with Crippen LogP contribution in [0.3, 0.4) is 0 Å². The van der Waals surface area contributed by atoms with E-state index in [-0.39, 0.29) is 0 Å². The summed E-state index contributed by atoms with van der Waals surface area (Å²) in [5.41, 5.74) is 2.57. The van der Waals surface area contributed by atoms with Crippen molar-refractivity contribution in [3.8, 4) is 0 Å². The van der Waals surface area contributed by atoms with Crippen molar-refractivity contribution in [1.82, 2.24) is 10.6 Å². The molecule has 1 aliphatic rings. The number of rotatable bonds is 4. The largest absolute Gasteiger partial charge is 0.378 e. The number of hydrogen-bond donors (Lipinski definition) is 2. The minimum Gasteiger partial charge on any atom is -0.378 e. The third kappa shape index (κ3) is 4.63. The first-order valence-corrected chi connectivity index (χ1v) is 7.58. The van der Waals surface area contributed by atoms with Gasteiger partial charge in [0.05, 0.1) is 13.2 Å². The number of anilines is 1. The summed E-state index contributed by atoms with van der Waals surface area (Å²) in [5, 5.41) is 6.68. The van der Waals surface area contributed by atoms with Crippen molar-refractivity contribution >= 4 is 11.6 Å². The lowest BCUT2D eigenvalue weighted by Crippen LogP contribution is -2.41. The molecule has 5 heteroatoms. The van der Waals surface area contributed by atoms with E-state index in [4.69, 9.17) is 4.74 Å². The molecule has 1 saturated heterocycles. The lowest BCUT2D eigenvalue weighted by molar-refractivity contribution is 0.122. The van der Waals surface area contributed by atoms with E-state index in [0.717, 1.165) is 38.8 Å². The minimum absolute atomic E-state index is 0.366. The Bertz CT molecular complexity index is 467. The topological polar surface area (TPSA) is 48.9 Å². The molecule has 0 unspecified atom stereocenters. The highest BCUT2D eigenvalue weighted by Gasteiger charge is 2.14. The quantitative estimate of drug-likeness (QED) is 0.653. The van der Waals surface area contributed by atoms with E-state index in [2.05, 4.69) is 58.6 Å². The molecule has 0 aromatic heterocycles. The average Bonchev–Trinajstić information content (AvgIpc) is 2.52. The van der Waals surface area contributed by atoms with Gasteiger partial charge in [-0.2, -0.15) is 0 Å². The smallest absolute Gasteiger partial charge is 0.191 e. The van der Waals surface area contributed by atoms with Crippen molar-refractivity contribution in [2.45, 2.75) is 26.4 Å². The zero-order valence-corrected chi connectivity index (χ0v) is 13.2. The predicted molar refractivity (Wildman–Crippen MR) is 87.9 cm³/mol. The van der Waals surface area contributed by atoms with Crippen molar-refractivity contribution in [2.75, 3.05) is 38.3 Å². The van der Waals surface area contributed by atoms with Gasteiger partial charge in [-0.25, -0.2) is 0 Å². The van der Waals surface area contributed by atoms with Crippen LogP contribution in [0.15, 0.2) is 29.3 Å². The van der Waals surface area contributed by atoms with Gasteiger partial charge in [-0.1, -0.05) is 18.2 Å². The molecule has 0 bridgehead atoms. The van der Waals surface area contributed by atoms with Gasteiger partial charge >= 0.3 is 0 Å². The van der Waals surface area contributed by atoms with Gasteiger partial charge in [0.25, 0.3) is 0 Å². The number of guanidine groups is 1. The fraction of sp³-hybridized carbons (Fsp3) is 0.562. The van der Waals surface area contributed by atoms with Gasteiger partial charge in [-0.3, -0.25) is 4.99 Å². The molecule has 0 amide bonds. The van der Waals surface area contributed by atoms with Crippen LogP contribution in [-0.4, -0.2) is 45.4 Å². The normalized spacial score (nSPS) is 16.2. The van der Waals surface area contributed by atoms with Crippen molar-refractivity contribution in [3.05, 3.63) is 29.8 Å². The molecule has 1 aromatic carbocycles. The summed E-state index contributed by atoms with van der Waals surface area (Å²) < 4.78 is 5.43. The number of para-hydroxylation sites is 1. The summed E-state index contributed by atoms with van der Waals surface area (Å²) in [6.45, 7) is 8.49. The second kappa shape index (κ2) is 7.88. The van der Waals surface area contributed by atoms with Gasteiger partial charge in [0.1, 0.15) is 0 Å². The molecule has 0 spiro atoms. The third-order valence-electron chi connectivity index (χ3n) is 3.44. The summed E-state index contributed by atoms with van der Waals surface area (Å²) in [7, 11) is 1.80. The second-order valence-corrected chi connectivity index (χ2v) is 5.45. The van der Waals surface area contributed by atoms with E-state index >= 15 is 0 Å². The first-order chi connectivity index (χ1) is 10.2. The van der Waals surface area contributed by atoms with E-state index in [0.29, 0.717) is 6.04 Å². The molecule has 1 aromatic rings. The van der Waals surface area contributed by atoms with Crippen LogP contribution in [0.5, 0.6) is 0 Å². The third-order valence-corrected chi connectivity index (χ3v) is 3.44. The Morgan fingerprint density at radius 1 is 1.29 bits per heavy atom. The van der Waals surface area contributed by atoms with Gasteiger partial charge in [0, 0.05) is 38.4 Å². The summed E-state index contributed by atoms with van der Waals surface area (Å²) in [4.78, 5) is 6.63. The molecule has 0 atom stereocenters. The van der Waals surface area contributed by atoms with Crippen molar-refractivity contribution < 1.29 is 4.74 Å².